The molecule has 0 unspecified atom stereocenters. The zero-order valence-corrected chi connectivity index (χ0v) is 11.6. The van der Waals surface area contributed by atoms with Gasteiger partial charge in [-0.25, -0.2) is 0 Å². The average molecular weight is 247 g/mol. The standard InChI is InChI=1S/C15H21NO2/c1-8(2)13-9-6-12(15(3,4)5)16-10(9)7-11(17)14(13)18/h6-8,16-18H,1-5H3. The summed E-state index contributed by atoms with van der Waals surface area (Å²) < 4.78 is 0. The first-order valence-electron chi connectivity index (χ1n) is 6.30. The van der Waals surface area contributed by atoms with Crippen molar-refractivity contribution in [2.75, 3.05) is 0 Å². The minimum atomic E-state index is -0.0616. The van der Waals surface area contributed by atoms with Crippen LogP contribution in [-0.4, -0.2) is 15.2 Å². The van der Waals surface area contributed by atoms with Gasteiger partial charge >= 0.3 is 0 Å². The van der Waals surface area contributed by atoms with E-state index in [-0.39, 0.29) is 22.8 Å². The summed E-state index contributed by atoms with van der Waals surface area (Å²) in [6.45, 7) is 10.4. The molecule has 0 radical (unpaired) electrons. The second kappa shape index (κ2) is 3.94. The molecule has 1 aromatic heterocycles. The summed E-state index contributed by atoms with van der Waals surface area (Å²) in [6.07, 6.45) is 0. The minimum Gasteiger partial charge on any atom is -0.504 e. The van der Waals surface area contributed by atoms with Crippen LogP contribution in [0.1, 0.15) is 51.8 Å². The molecule has 0 amide bonds. The Bertz CT molecular complexity index is 589. The van der Waals surface area contributed by atoms with Crippen molar-refractivity contribution in [1.29, 1.82) is 0 Å². The van der Waals surface area contributed by atoms with Gasteiger partial charge in [0.1, 0.15) is 0 Å². The third-order valence-corrected chi connectivity index (χ3v) is 3.30. The van der Waals surface area contributed by atoms with Gasteiger partial charge in [-0.1, -0.05) is 34.6 Å². The number of nitrogens with one attached hydrogen (secondary N) is 1. The number of fused-ring (bicyclic) bond motifs is 1. The van der Waals surface area contributed by atoms with E-state index < -0.39 is 0 Å². The number of H-pyrrole nitrogens is 1. The van der Waals surface area contributed by atoms with E-state index in [1.807, 2.05) is 13.8 Å². The average Bonchev–Trinajstić information content (AvgIpc) is 2.61. The van der Waals surface area contributed by atoms with Crippen molar-refractivity contribution >= 4 is 10.9 Å². The van der Waals surface area contributed by atoms with Gasteiger partial charge in [-0.3, -0.25) is 0 Å². The Balaban J connectivity index is 2.80. The number of aromatic nitrogens is 1. The minimum absolute atomic E-state index is 0.00282. The van der Waals surface area contributed by atoms with Crippen LogP contribution in [0.4, 0.5) is 0 Å². The van der Waals surface area contributed by atoms with Crippen molar-refractivity contribution in [2.24, 2.45) is 0 Å². The maximum Gasteiger partial charge on any atom is 0.161 e. The summed E-state index contributed by atoms with van der Waals surface area (Å²) >= 11 is 0. The van der Waals surface area contributed by atoms with Crippen LogP contribution in [0, 0.1) is 0 Å². The maximum absolute atomic E-state index is 10.0. The lowest BCUT2D eigenvalue weighted by atomic mass is 9.91. The lowest BCUT2D eigenvalue weighted by Gasteiger charge is -2.15. The van der Waals surface area contributed by atoms with Crippen molar-refractivity contribution in [3.8, 4) is 11.5 Å². The second-order valence-corrected chi connectivity index (χ2v) is 6.21. The number of benzene rings is 1. The molecule has 0 spiro atoms. The summed E-state index contributed by atoms with van der Waals surface area (Å²) in [5, 5.41) is 20.8. The summed E-state index contributed by atoms with van der Waals surface area (Å²) in [5.74, 6) is 0.0914. The predicted molar refractivity (Wildman–Crippen MR) is 74.4 cm³/mol. The molecule has 1 aromatic carbocycles. The van der Waals surface area contributed by atoms with E-state index in [4.69, 9.17) is 0 Å². The van der Waals surface area contributed by atoms with Crippen molar-refractivity contribution in [2.45, 2.75) is 46.0 Å². The Labute approximate surface area is 107 Å². The SMILES string of the molecule is CC(C)c1c(O)c(O)cc2[nH]c(C(C)(C)C)cc12. The molecule has 0 aliphatic heterocycles. The van der Waals surface area contributed by atoms with Crippen LogP contribution >= 0.6 is 0 Å². The van der Waals surface area contributed by atoms with E-state index in [1.165, 1.54) is 0 Å². The number of hydrogen-bond donors (Lipinski definition) is 3. The van der Waals surface area contributed by atoms with Gasteiger partial charge in [0.15, 0.2) is 11.5 Å². The number of phenols is 2. The molecular formula is C15H21NO2. The quantitative estimate of drug-likeness (QED) is 0.667. The van der Waals surface area contributed by atoms with E-state index in [9.17, 15) is 10.2 Å². The molecule has 3 nitrogen and oxygen atoms in total. The second-order valence-electron chi connectivity index (χ2n) is 6.21. The number of hydrogen-bond acceptors (Lipinski definition) is 2. The van der Waals surface area contributed by atoms with Gasteiger partial charge in [0, 0.05) is 33.6 Å². The highest BCUT2D eigenvalue weighted by atomic mass is 16.3. The van der Waals surface area contributed by atoms with Gasteiger partial charge in [-0.05, 0) is 12.0 Å². The molecule has 0 saturated carbocycles. The summed E-state index contributed by atoms with van der Waals surface area (Å²) in [4.78, 5) is 3.33. The fraction of sp³-hybridized carbons (Fsp3) is 0.467. The third-order valence-electron chi connectivity index (χ3n) is 3.30. The van der Waals surface area contributed by atoms with Gasteiger partial charge in [0.2, 0.25) is 0 Å². The monoisotopic (exact) mass is 247 g/mol. The van der Waals surface area contributed by atoms with Crippen LogP contribution < -0.4 is 0 Å². The maximum atomic E-state index is 10.0. The Morgan fingerprint density at radius 3 is 2.22 bits per heavy atom. The highest BCUT2D eigenvalue weighted by Crippen LogP contribution is 2.41. The number of phenolic OH excluding ortho intramolecular Hbond substituents is 2. The molecule has 0 saturated heterocycles. The van der Waals surface area contributed by atoms with E-state index in [1.54, 1.807) is 6.07 Å². The fourth-order valence-electron chi connectivity index (χ4n) is 2.27. The Morgan fingerprint density at radius 2 is 1.72 bits per heavy atom. The first kappa shape index (κ1) is 12.8. The van der Waals surface area contributed by atoms with Gasteiger partial charge in [0.05, 0.1) is 0 Å². The third kappa shape index (κ3) is 1.94. The van der Waals surface area contributed by atoms with Crippen molar-refractivity contribution in [3.63, 3.8) is 0 Å². The Hall–Kier alpha value is -1.64. The summed E-state index contributed by atoms with van der Waals surface area (Å²) in [7, 11) is 0. The van der Waals surface area contributed by atoms with E-state index >= 15 is 0 Å². The Kier molecular flexibility index (Phi) is 2.80. The first-order chi connectivity index (χ1) is 8.21. The van der Waals surface area contributed by atoms with Crippen LogP contribution in [0.25, 0.3) is 10.9 Å². The van der Waals surface area contributed by atoms with Crippen LogP contribution in [0.5, 0.6) is 11.5 Å². The molecule has 0 atom stereocenters. The van der Waals surface area contributed by atoms with Crippen LogP contribution in [0.2, 0.25) is 0 Å². The number of aromatic amines is 1. The molecule has 2 aromatic rings. The lowest BCUT2D eigenvalue weighted by molar-refractivity contribution is 0.399. The molecule has 3 heteroatoms. The smallest absolute Gasteiger partial charge is 0.161 e. The van der Waals surface area contributed by atoms with Gasteiger partial charge in [0.25, 0.3) is 0 Å². The highest BCUT2D eigenvalue weighted by Gasteiger charge is 2.21. The molecule has 0 bridgehead atoms. The van der Waals surface area contributed by atoms with Crippen molar-refractivity contribution in [1.82, 2.24) is 4.98 Å². The number of rotatable bonds is 1. The molecule has 98 valence electrons. The van der Waals surface area contributed by atoms with Gasteiger partial charge in [-0.15, -0.1) is 0 Å². The largest absolute Gasteiger partial charge is 0.504 e. The molecule has 3 N–H and O–H groups in total. The molecule has 0 aliphatic carbocycles. The Morgan fingerprint density at radius 1 is 1.11 bits per heavy atom. The first-order valence-corrected chi connectivity index (χ1v) is 6.30. The number of aromatic hydroxyl groups is 2. The molecule has 1 heterocycles. The molecule has 0 fully saturated rings. The highest BCUT2D eigenvalue weighted by molar-refractivity contribution is 5.89. The fourth-order valence-corrected chi connectivity index (χ4v) is 2.27. The zero-order valence-electron chi connectivity index (χ0n) is 11.6. The molecule has 18 heavy (non-hydrogen) atoms. The van der Waals surface area contributed by atoms with Crippen LogP contribution in [0.3, 0.4) is 0 Å². The van der Waals surface area contributed by atoms with Crippen LogP contribution in [0.15, 0.2) is 12.1 Å². The van der Waals surface area contributed by atoms with Gasteiger partial charge in [-0.2, -0.15) is 0 Å². The van der Waals surface area contributed by atoms with Crippen LogP contribution in [-0.2, 0) is 5.41 Å². The normalized spacial score (nSPS) is 12.6. The van der Waals surface area contributed by atoms with E-state index in [0.717, 1.165) is 22.2 Å². The molecule has 2 rings (SSSR count). The van der Waals surface area contributed by atoms with E-state index in [0.29, 0.717) is 0 Å². The summed E-state index contributed by atoms with van der Waals surface area (Å²) in [5.41, 5.74) is 2.79. The lowest BCUT2D eigenvalue weighted by Crippen LogP contribution is -2.10. The molecule has 0 aliphatic rings. The topological polar surface area (TPSA) is 56.2 Å². The van der Waals surface area contributed by atoms with E-state index in [2.05, 4.69) is 31.8 Å². The molecular weight excluding hydrogens is 226 g/mol. The summed E-state index contributed by atoms with van der Waals surface area (Å²) in [6, 6.07) is 3.66. The van der Waals surface area contributed by atoms with Gasteiger partial charge < -0.3 is 15.2 Å². The van der Waals surface area contributed by atoms with Crippen molar-refractivity contribution < 1.29 is 10.2 Å². The predicted octanol–water partition coefficient (Wildman–Crippen LogP) is 4.00. The zero-order chi connectivity index (χ0) is 13.7. The van der Waals surface area contributed by atoms with Crippen molar-refractivity contribution in [3.05, 3.63) is 23.4 Å².